The molecule has 1 aliphatic rings. The van der Waals surface area contributed by atoms with E-state index in [1.807, 2.05) is 0 Å². The van der Waals surface area contributed by atoms with Crippen LogP contribution in [-0.4, -0.2) is 24.8 Å². The average Bonchev–Trinajstić information content (AvgIpc) is 2.88. The zero-order valence-electron chi connectivity index (χ0n) is 8.62. The molecule has 1 saturated carbocycles. The topological polar surface area (TPSA) is 64.7 Å². The maximum atomic E-state index is 11.4. The molecule has 78 valence electrons. The molecule has 2 N–H and O–H groups in total. The number of ether oxygens (including phenoxy) is 1. The SMILES string of the molecule is CCOC(=O)C(C=NC1CC1)=C(C)N. The van der Waals surface area contributed by atoms with E-state index < -0.39 is 5.97 Å². The van der Waals surface area contributed by atoms with E-state index in [9.17, 15) is 4.79 Å². The van der Waals surface area contributed by atoms with Crippen LogP contribution in [0.3, 0.4) is 0 Å². The van der Waals surface area contributed by atoms with Crippen LogP contribution in [0.1, 0.15) is 26.7 Å². The lowest BCUT2D eigenvalue weighted by Crippen LogP contribution is -2.14. The van der Waals surface area contributed by atoms with E-state index >= 15 is 0 Å². The minimum Gasteiger partial charge on any atom is -0.462 e. The molecular weight excluding hydrogens is 180 g/mol. The Morgan fingerprint density at radius 1 is 1.64 bits per heavy atom. The fourth-order valence-corrected chi connectivity index (χ4v) is 0.928. The van der Waals surface area contributed by atoms with Gasteiger partial charge in [0.05, 0.1) is 18.2 Å². The van der Waals surface area contributed by atoms with Crippen LogP contribution in [0.15, 0.2) is 16.3 Å². The fraction of sp³-hybridized carbons (Fsp3) is 0.600. The van der Waals surface area contributed by atoms with Crippen LogP contribution in [0.25, 0.3) is 0 Å². The Kier molecular flexibility index (Phi) is 3.68. The Labute approximate surface area is 83.8 Å². The highest BCUT2D eigenvalue weighted by atomic mass is 16.5. The normalized spacial score (nSPS) is 18.1. The highest BCUT2D eigenvalue weighted by Crippen LogP contribution is 2.23. The van der Waals surface area contributed by atoms with Gasteiger partial charge in [0, 0.05) is 11.9 Å². The number of esters is 1. The molecule has 0 amide bonds. The molecule has 4 nitrogen and oxygen atoms in total. The molecule has 0 bridgehead atoms. The Bertz CT molecular complexity index is 274. The van der Waals surface area contributed by atoms with Gasteiger partial charge in [-0.3, -0.25) is 4.99 Å². The standard InChI is InChI=1S/C10H16N2O2/c1-3-14-10(13)9(7(2)11)6-12-8-4-5-8/h6,8H,3-5,11H2,1-2H3. The van der Waals surface area contributed by atoms with E-state index in [1.165, 1.54) is 6.21 Å². The van der Waals surface area contributed by atoms with Gasteiger partial charge in [-0.2, -0.15) is 0 Å². The van der Waals surface area contributed by atoms with Crippen molar-refractivity contribution in [1.29, 1.82) is 0 Å². The van der Waals surface area contributed by atoms with Gasteiger partial charge in [0.2, 0.25) is 0 Å². The molecule has 0 aromatic rings. The van der Waals surface area contributed by atoms with Gasteiger partial charge in [0.1, 0.15) is 0 Å². The van der Waals surface area contributed by atoms with Gasteiger partial charge in [0.25, 0.3) is 0 Å². The van der Waals surface area contributed by atoms with Gasteiger partial charge in [-0.05, 0) is 26.7 Å². The first kappa shape index (κ1) is 10.8. The summed E-state index contributed by atoms with van der Waals surface area (Å²) in [5.41, 5.74) is 6.39. The molecule has 4 heteroatoms. The fourth-order valence-electron chi connectivity index (χ4n) is 0.928. The maximum absolute atomic E-state index is 11.4. The predicted octanol–water partition coefficient (Wildman–Crippen LogP) is 1.02. The number of carbonyl (C=O) groups excluding carboxylic acids is 1. The molecule has 1 aliphatic carbocycles. The zero-order valence-corrected chi connectivity index (χ0v) is 8.62. The average molecular weight is 196 g/mol. The summed E-state index contributed by atoms with van der Waals surface area (Å²) in [7, 11) is 0. The third-order valence-corrected chi connectivity index (χ3v) is 1.88. The first-order chi connectivity index (χ1) is 6.65. The van der Waals surface area contributed by atoms with E-state index in [1.54, 1.807) is 13.8 Å². The van der Waals surface area contributed by atoms with E-state index in [-0.39, 0.29) is 0 Å². The molecule has 1 rings (SSSR count). The number of carbonyl (C=O) groups is 1. The van der Waals surface area contributed by atoms with Gasteiger partial charge in [-0.1, -0.05) is 0 Å². The van der Waals surface area contributed by atoms with Crippen LogP contribution in [-0.2, 0) is 9.53 Å². The zero-order chi connectivity index (χ0) is 10.6. The lowest BCUT2D eigenvalue weighted by molar-refractivity contribution is -0.137. The van der Waals surface area contributed by atoms with Gasteiger partial charge >= 0.3 is 5.97 Å². The van der Waals surface area contributed by atoms with Crippen LogP contribution in [0.2, 0.25) is 0 Å². The van der Waals surface area contributed by atoms with Gasteiger partial charge in [-0.25, -0.2) is 4.79 Å². The smallest absolute Gasteiger partial charge is 0.341 e. The second-order valence-electron chi connectivity index (χ2n) is 3.33. The summed E-state index contributed by atoms with van der Waals surface area (Å²) in [6.45, 7) is 3.79. The molecule has 1 fully saturated rings. The number of nitrogens with zero attached hydrogens (tertiary/aromatic N) is 1. The maximum Gasteiger partial charge on any atom is 0.341 e. The Balaban J connectivity index is 2.64. The third kappa shape index (κ3) is 3.20. The number of nitrogens with two attached hydrogens (primary N) is 1. The minimum atomic E-state index is -0.392. The van der Waals surface area contributed by atoms with Gasteiger partial charge in [0.15, 0.2) is 0 Å². The molecule has 0 radical (unpaired) electrons. The molecular formula is C10H16N2O2. The van der Waals surface area contributed by atoms with Crippen LogP contribution >= 0.6 is 0 Å². The predicted molar refractivity (Wildman–Crippen MR) is 55.0 cm³/mol. The molecule has 0 saturated heterocycles. The molecule has 14 heavy (non-hydrogen) atoms. The first-order valence-electron chi connectivity index (χ1n) is 4.81. The number of hydrogen-bond acceptors (Lipinski definition) is 4. The number of allylic oxidation sites excluding steroid dienone is 1. The molecule has 0 aromatic carbocycles. The summed E-state index contributed by atoms with van der Waals surface area (Å²) in [6, 6.07) is 0.388. The van der Waals surface area contributed by atoms with Crippen molar-refractivity contribution in [2.75, 3.05) is 6.61 Å². The summed E-state index contributed by atoms with van der Waals surface area (Å²) in [4.78, 5) is 15.6. The van der Waals surface area contributed by atoms with Gasteiger partial charge in [-0.15, -0.1) is 0 Å². The van der Waals surface area contributed by atoms with Crippen LogP contribution in [0.5, 0.6) is 0 Å². The van der Waals surface area contributed by atoms with E-state index in [0.29, 0.717) is 23.9 Å². The second kappa shape index (κ2) is 4.79. The van der Waals surface area contributed by atoms with Crippen molar-refractivity contribution in [3.63, 3.8) is 0 Å². The summed E-state index contributed by atoms with van der Waals surface area (Å²) in [6.07, 6.45) is 3.75. The highest BCUT2D eigenvalue weighted by molar-refractivity contribution is 6.10. The molecule has 0 aliphatic heterocycles. The third-order valence-electron chi connectivity index (χ3n) is 1.88. The van der Waals surface area contributed by atoms with Crippen molar-refractivity contribution in [2.45, 2.75) is 32.7 Å². The largest absolute Gasteiger partial charge is 0.462 e. The molecule has 0 spiro atoms. The van der Waals surface area contributed by atoms with E-state index in [2.05, 4.69) is 4.99 Å². The van der Waals surface area contributed by atoms with E-state index in [0.717, 1.165) is 12.8 Å². The Morgan fingerprint density at radius 2 is 2.29 bits per heavy atom. The lowest BCUT2D eigenvalue weighted by Gasteiger charge is -2.03. The highest BCUT2D eigenvalue weighted by Gasteiger charge is 2.20. The summed E-state index contributed by atoms with van der Waals surface area (Å²) in [5.74, 6) is -0.392. The van der Waals surface area contributed by atoms with Crippen molar-refractivity contribution in [3.05, 3.63) is 11.3 Å². The van der Waals surface area contributed by atoms with Crippen molar-refractivity contribution in [1.82, 2.24) is 0 Å². The van der Waals surface area contributed by atoms with Crippen molar-refractivity contribution >= 4 is 12.2 Å². The number of hydrogen-bond donors (Lipinski definition) is 1. The monoisotopic (exact) mass is 196 g/mol. The van der Waals surface area contributed by atoms with Crippen molar-refractivity contribution < 1.29 is 9.53 Å². The number of aliphatic imine (C=N–C) groups is 1. The second-order valence-corrected chi connectivity index (χ2v) is 3.33. The summed E-state index contributed by atoms with van der Waals surface area (Å²) < 4.78 is 4.85. The van der Waals surface area contributed by atoms with Crippen LogP contribution in [0, 0.1) is 0 Å². The van der Waals surface area contributed by atoms with Crippen molar-refractivity contribution in [3.8, 4) is 0 Å². The van der Waals surface area contributed by atoms with Gasteiger partial charge < -0.3 is 10.5 Å². The Morgan fingerprint density at radius 3 is 2.71 bits per heavy atom. The molecule has 0 aromatic heterocycles. The van der Waals surface area contributed by atoms with E-state index in [4.69, 9.17) is 10.5 Å². The molecule has 0 unspecified atom stereocenters. The number of rotatable bonds is 4. The van der Waals surface area contributed by atoms with Crippen LogP contribution in [0.4, 0.5) is 0 Å². The molecule has 0 atom stereocenters. The van der Waals surface area contributed by atoms with Crippen molar-refractivity contribution in [2.24, 2.45) is 10.7 Å². The summed E-state index contributed by atoms with van der Waals surface area (Å²) in [5, 5.41) is 0. The van der Waals surface area contributed by atoms with Crippen LogP contribution < -0.4 is 5.73 Å². The minimum absolute atomic E-state index is 0.354. The Hall–Kier alpha value is -1.32. The lowest BCUT2D eigenvalue weighted by atomic mass is 10.2. The first-order valence-corrected chi connectivity index (χ1v) is 4.81. The quantitative estimate of drug-likeness (QED) is 0.414. The summed E-state index contributed by atoms with van der Waals surface area (Å²) >= 11 is 0. The molecule has 0 heterocycles.